The summed E-state index contributed by atoms with van der Waals surface area (Å²) >= 11 is 0. The highest BCUT2D eigenvalue weighted by Gasteiger charge is 2.33. The number of ether oxygens (including phenoxy) is 1. The fourth-order valence-corrected chi connectivity index (χ4v) is 3.02. The molecule has 0 bridgehead atoms. The molecule has 4 nitrogen and oxygen atoms in total. The molecular formula is C13H18N2O2. The zero-order chi connectivity index (χ0) is 11.8. The minimum Gasteiger partial charge on any atom is -0.496 e. The van der Waals surface area contributed by atoms with Gasteiger partial charge in [-0.15, -0.1) is 0 Å². The van der Waals surface area contributed by atoms with Crippen LogP contribution in [0.5, 0.6) is 0 Å². The topological polar surface area (TPSA) is 55.6 Å². The Morgan fingerprint density at radius 2 is 2.29 bits per heavy atom. The Balaban J connectivity index is 1.86. The maximum Gasteiger partial charge on any atom is 0.246 e. The van der Waals surface area contributed by atoms with E-state index in [1.807, 2.05) is 6.20 Å². The van der Waals surface area contributed by atoms with Crippen LogP contribution in [0.15, 0.2) is 23.7 Å². The van der Waals surface area contributed by atoms with E-state index in [4.69, 9.17) is 10.5 Å². The number of primary amides is 1. The molecule has 0 spiro atoms. The molecule has 1 fully saturated rings. The van der Waals surface area contributed by atoms with Crippen LogP contribution in [-0.2, 0) is 9.53 Å². The van der Waals surface area contributed by atoms with Gasteiger partial charge < -0.3 is 15.4 Å². The summed E-state index contributed by atoms with van der Waals surface area (Å²) in [6.45, 7) is 0.827. The van der Waals surface area contributed by atoms with Crippen LogP contribution in [-0.4, -0.2) is 23.5 Å². The summed E-state index contributed by atoms with van der Waals surface area (Å²) in [6, 6.07) is 0.522. The predicted octanol–water partition coefficient (Wildman–Crippen LogP) is 1.49. The molecule has 3 rings (SSSR count). The number of rotatable bonds is 1. The maximum atomic E-state index is 11.2. The molecular weight excluding hydrogens is 216 g/mol. The van der Waals surface area contributed by atoms with Gasteiger partial charge in [-0.3, -0.25) is 4.79 Å². The number of hydrogen-bond donors (Lipinski definition) is 1. The smallest absolute Gasteiger partial charge is 0.246 e. The Bertz CT molecular complexity index is 400. The Labute approximate surface area is 101 Å². The number of carbonyl (C=O) groups excluding carboxylic acids is 1. The van der Waals surface area contributed by atoms with Crippen molar-refractivity contribution in [1.82, 2.24) is 4.90 Å². The minimum atomic E-state index is -0.298. The van der Waals surface area contributed by atoms with E-state index in [2.05, 4.69) is 11.1 Å². The summed E-state index contributed by atoms with van der Waals surface area (Å²) in [4.78, 5) is 13.3. The van der Waals surface area contributed by atoms with Crippen LogP contribution >= 0.6 is 0 Å². The van der Waals surface area contributed by atoms with Crippen molar-refractivity contribution >= 4 is 5.91 Å². The fraction of sp³-hybridized carbons (Fsp3) is 0.615. The molecule has 2 unspecified atom stereocenters. The number of fused-ring (bicyclic) bond motifs is 2. The second-order valence-electron chi connectivity index (χ2n) is 5.11. The zero-order valence-electron chi connectivity index (χ0n) is 9.89. The number of nitrogens with two attached hydrogens (primary N) is 1. The monoisotopic (exact) mass is 234 g/mol. The summed E-state index contributed by atoms with van der Waals surface area (Å²) in [6.07, 6.45) is 9.36. The molecule has 0 aromatic carbocycles. The van der Waals surface area contributed by atoms with Crippen molar-refractivity contribution in [3.8, 4) is 0 Å². The standard InChI is InChI=1S/C13H18N2O2/c14-13(16)10-3-4-11-6-9-2-1-5-17-12(9)8-15(11)7-10/h7-9,11H,1-6H2,(H2,14,16). The van der Waals surface area contributed by atoms with Crippen molar-refractivity contribution in [2.45, 2.75) is 38.1 Å². The maximum absolute atomic E-state index is 11.2. The van der Waals surface area contributed by atoms with Crippen molar-refractivity contribution < 1.29 is 9.53 Å². The van der Waals surface area contributed by atoms with Gasteiger partial charge in [-0.1, -0.05) is 0 Å². The summed E-state index contributed by atoms with van der Waals surface area (Å²) < 4.78 is 5.70. The van der Waals surface area contributed by atoms with E-state index in [9.17, 15) is 4.79 Å². The lowest BCUT2D eigenvalue weighted by Gasteiger charge is -2.41. The van der Waals surface area contributed by atoms with Crippen LogP contribution in [0.25, 0.3) is 0 Å². The van der Waals surface area contributed by atoms with E-state index in [0.29, 0.717) is 12.0 Å². The highest BCUT2D eigenvalue weighted by molar-refractivity contribution is 5.91. The average Bonchev–Trinajstić information content (AvgIpc) is 2.35. The van der Waals surface area contributed by atoms with Gasteiger partial charge >= 0.3 is 0 Å². The lowest BCUT2D eigenvalue weighted by molar-refractivity contribution is -0.115. The Morgan fingerprint density at radius 3 is 3.12 bits per heavy atom. The first-order valence-corrected chi connectivity index (χ1v) is 6.36. The number of amides is 1. The Hall–Kier alpha value is -1.45. The van der Waals surface area contributed by atoms with E-state index in [-0.39, 0.29) is 5.91 Å². The van der Waals surface area contributed by atoms with E-state index in [0.717, 1.165) is 43.6 Å². The SMILES string of the molecule is NC(=O)C1=CN2C=C3OCCCC3CC2CC1. The molecule has 1 saturated heterocycles. The molecule has 3 aliphatic heterocycles. The van der Waals surface area contributed by atoms with Crippen molar-refractivity contribution in [2.75, 3.05) is 6.61 Å². The molecule has 0 aromatic rings. The number of carbonyl (C=O) groups is 1. The molecule has 4 heteroatoms. The van der Waals surface area contributed by atoms with Gasteiger partial charge in [-0.2, -0.15) is 0 Å². The molecule has 0 aromatic heterocycles. The number of hydrogen-bond acceptors (Lipinski definition) is 3. The van der Waals surface area contributed by atoms with Gasteiger partial charge in [0.05, 0.1) is 6.61 Å². The van der Waals surface area contributed by atoms with Crippen LogP contribution in [0.2, 0.25) is 0 Å². The Morgan fingerprint density at radius 1 is 1.41 bits per heavy atom. The van der Waals surface area contributed by atoms with E-state index in [1.165, 1.54) is 6.42 Å². The predicted molar refractivity (Wildman–Crippen MR) is 63.5 cm³/mol. The molecule has 17 heavy (non-hydrogen) atoms. The molecule has 0 aliphatic carbocycles. The molecule has 2 atom stereocenters. The van der Waals surface area contributed by atoms with E-state index < -0.39 is 0 Å². The first-order chi connectivity index (χ1) is 8.24. The summed E-state index contributed by atoms with van der Waals surface area (Å²) in [7, 11) is 0. The average molecular weight is 234 g/mol. The third-order valence-electron chi connectivity index (χ3n) is 3.99. The molecule has 3 heterocycles. The van der Waals surface area contributed by atoms with Gasteiger partial charge in [-0.05, 0) is 32.1 Å². The molecule has 3 aliphatic rings. The van der Waals surface area contributed by atoms with E-state index >= 15 is 0 Å². The van der Waals surface area contributed by atoms with Gasteiger partial charge in [0.1, 0.15) is 5.76 Å². The quantitative estimate of drug-likeness (QED) is 0.748. The van der Waals surface area contributed by atoms with Crippen LogP contribution in [0.1, 0.15) is 32.1 Å². The zero-order valence-corrected chi connectivity index (χ0v) is 9.89. The van der Waals surface area contributed by atoms with Crippen LogP contribution in [0.3, 0.4) is 0 Å². The highest BCUT2D eigenvalue weighted by atomic mass is 16.5. The van der Waals surface area contributed by atoms with Gasteiger partial charge in [0.15, 0.2) is 0 Å². The van der Waals surface area contributed by atoms with Crippen LogP contribution < -0.4 is 5.73 Å². The van der Waals surface area contributed by atoms with Crippen molar-refractivity contribution in [3.05, 3.63) is 23.7 Å². The molecule has 1 amide bonds. The van der Waals surface area contributed by atoms with Crippen LogP contribution in [0.4, 0.5) is 0 Å². The summed E-state index contributed by atoms with van der Waals surface area (Å²) in [5.74, 6) is 1.39. The molecule has 0 saturated carbocycles. The summed E-state index contributed by atoms with van der Waals surface area (Å²) in [5, 5.41) is 0. The summed E-state index contributed by atoms with van der Waals surface area (Å²) in [5.41, 5.74) is 6.06. The van der Waals surface area contributed by atoms with Gasteiger partial charge in [-0.25, -0.2) is 0 Å². The van der Waals surface area contributed by atoms with Gasteiger partial charge in [0.2, 0.25) is 5.91 Å². The largest absolute Gasteiger partial charge is 0.496 e. The Kier molecular flexibility index (Phi) is 2.57. The lowest BCUT2D eigenvalue weighted by Crippen LogP contribution is -2.39. The normalized spacial score (nSPS) is 31.6. The number of allylic oxidation sites excluding steroid dienone is 1. The first kappa shape index (κ1) is 10.7. The minimum absolute atomic E-state index is 0.298. The highest BCUT2D eigenvalue weighted by Crippen LogP contribution is 2.37. The number of nitrogens with zero attached hydrogens (tertiary/aromatic N) is 1. The molecule has 92 valence electrons. The third kappa shape index (κ3) is 1.92. The second-order valence-corrected chi connectivity index (χ2v) is 5.11. The third-order valence-corrected chi connectivity index (χ3v) is 3.99. The van der Waals surface area contributed by atoms with Crippen molar-refractivity contribution in [3.63, 3.8) is 0 Å². The fourth-order valence-electron chi connectivity index (χ4n) is 3.02. The molecule has 2 N–H and O–H groups in total. The first-order valence-electron chi connectivity index (χ1n) is 6.36. The van der Waals surface area contributed by atoms with Crippen molar-refractivity contribution in [2.24, 2.45) is 11.7 Å². The van der Waals surface area contributed by atoms with Gasteiger partial charge in [0, 0.05) is 29.9 Å². The van der Waals surface area contributed by atoms with Gasteiger partial charge in [0.25, 0.3) is 0 Å². The molecule has 0 radical (unpaired) electrons. The van der Waals surface area contributed by atoms with Crippen molar-refractivity contribution in [1.29, 1.82) is 0 Å². The van der Waals surface area contributed by atoms with E-state index in [1.54, 1.807) is 0 Å². The lowest BCUT2D eigenvalue weighted by atomic mass is 9.84. The second kappa shape index (κ2) is 4.09. The van der Waals surface area contributed by atoms with Crippen LogP contribution in [0, 0.1) is 5.92 Å².